The zero-order valence-corrected chi connectivity index (χ0v) is 22.8. The summed E-state index contributed by atoms with van der Waals surface area (Å²) in [6.07, 6.45) is 7.95. The number of ether oxygens (including phenoxy) is 1. The SMILES string of the molecule is CCCC1(OC)CCCC[Si]1(OC)OC.CCO[Si](CCCN=C=O)(OCC)OCC. The molecular weight excluding hydrogens is 434 g/mol. The fourth-order valence-corrected chi connectivity index (χ4v) is 10.9. The van der Waals surface area contributed by atoms with Gasteiger partial charge in [0, 0.05) is 47.2 Å². The summed E-state index contributed by atoms with van der Waals surface area (Å²) in [5.74, 6) is 0. The van der Waals surface area contributed by atoms with E-state index in [0.29, 0.717) is 32.4 Å². The zero-order valence-electron chi connectivity index (χ0n) is 20.8. The average molecular weight is 480 g/mol. The van der Waals surface area contributed by atoms with E-state index in [0.717, 1.165) is 31.7 Å². The summed E-state index contributed by atoms with van der Waals surface area (Å²) in [6.45, 7) is 10.1. The van der Waals surface area contributed by atoms with Gasteiger partial charge in [0.2, 0.25) is 6.08 Å². The Morgan fingerprint density at radius 2 is 1.55 bits per heavy atom. The highest BCUT2D eigenvalue weighted by atomic mass is 28.4. The van der Waals surface area contributed by atoms with Gasteiger partial charge in [0.15, 0.2) is 0 Å². The molecule has 1 atom stereocenters. The highest BCUT2D eigenvalue weighted by molar-refractivity contribution is 6.70. The molecule has 0 aliphatic carbocycles. The Hall–Kier alpha value is -0.426. The predicted molar refractivity (Wildman–Crippen MR) is 126 cm³/mol. The van der Waals surface area contributed by atoms with Gasteiger partial charge in [-0.1, -0.05) is 26.2 Å². The van der Waals surface area contributed by atoms with Gasteiger partial charge in [0.05, 0.1) is 6.54 Å². The van der Waals surface area contributed by atoms with Crippen LogP contribution in [0.25, 0.3) is 0 Å². The first-order valence-corrected chi connectivity index (χ1v) is 15.5. The quantitative estimate of drug-likeness (QED) is 0.149. The van der Waals surface area contributed by atoms with Crippen molar-refractivity contribution in [1.82, 2.24) is 0 Å². The lowest BCUT2D eigenvalue weighted by molar-refractivity contribution is -0.0149. The highest BCUT2D eigenvalue weighted by Crippen LogP contribution is 2.42. The van der Waals surface area contributed by atoms with Crippen molar-refractivity contribution in [2.75, 3.05) is 47.7 Å². The van der Waals surface area contributed by atoms with Crippen LogP contribution in [0.5, 0.6) is 0 Å². The molecule has 1 aliphatic rings. The average Bonchev–Trinajstić information content (AvgIpc) is 2.78. The van der Waals surface area contributed by atoms with Crippen molar-refractivity contribution in [2.45, 2.75) is 83.5 Å². The molecule has 1 unspecified atom stereocenters. The first-order chi connectivity index (χ1) is 14.9. The summed E-state index contributed by atoms with van der Waals surface area (Å²) in [5, 5.41) is -0.122. The standard InChI is InChI=1S/C11H24O3Si.C10H21NO4Si/c1-5-8-11(12-2)9-6-7-10-15(11,13-3)14-4;1-4-13-16(14-5-2,15-6-3)9-7-8-11-10-12/h5-10H2,1-4H3;4-9H2,1-3H3. The van der Waals surface area contributed by atoms with Gasteiger partial charge in [-0.2, -0.15) is 0 Å². The Bertz CT molecular complexity index is 481. The molecule has 0 bridgehead atoms. The second-order valence-corrected chi connectivity index (χ2v) is 13.8. The van der Waals surface area contributed by atoms with Gasteiger partial charge < -0.3 is 26.9 Å². The van der Waals surface area contributed by atoms with Crippen LogP contribution in [-0.4, -0.2) is 76.4 Å². The number of methoxy groups -OCH3 is 1. The van der Waals surface area contributed by atoms with E-state index < -0.39 is 17.4 Å². The van der Waals surface area contributed by atoms with Crippen molar-refractivity contribution in [2.24, 2.45) is 4.99 Å². The Balaban J connectivity index is 0.000000581. The summed E-state index contributed by atoms with van der Waals surface area (Å²) >= 11 is 0. The van der Waals surface area contributed by atoms with Gasteiger partial charge in [0.1, 0.15) is 5.22 Å². The van der Waals surface area contributed by atoms with E-state index in [4.69, 9.17) is 26.9 Å². The van der Waals surface area contributed by atoms with Gasteiger partial charge in [0.25, 0.3) is 0 Å². The molecule has 10 heteroatoms. The Morgan fingerprint density at radius 3 is 1.97 bits per heavy atom. The topological polar surface area (TPSA) is 84.8 Å². The molecule has 31 heavy (non-hydrogen) atoms. The van der Waals surface area contributed by atoms with Crippen LogP contribution in [0.4, 0.5) is 0 Å². The molecule has 0 radical (unpaired) electrons. The fourth-order valence-electron chi connectivity index (χ4n) is 4.35. The van der Waals surface area contributed by atoms with Crippen LogP contribution in [0.15, 0.2) is 4.99 Å². The van der Waals surface area contributed by atoms with E-state index in [2.05, 4.69) is 11.9 Å². The second-order valence-electron chi connectivity index (χ2n) is 7.38. The van der Waals surface area contributed by atoms with Gasteiger partial charge >= 0.3 is 17.4 Å². The van der Waals surface area contributed by atoms with Crippen LogP contribution in [0.2, 0.25) is 12.1 Å². The molecule has 1 heterocycles. The van der Waals surface area contributed by atoms with Crippen molar-refractivity contribution in [3.05, 3.63) is 0 Å². The molecular formula is C21H45NO7Si2. The predicted octanol–water partition coefficient (Wildman–Crippen LogP) is 4.39. The van der Waals surface area contributed by atoms with Crippen molar-refractivity contribution < 1.29 is 31.7 Å². The van der Waals surface area contributed by atoms with Crippen LogP contribution in [0, 0.1) is 0 Å². The fraction of sp³-hybridized carbons (Fsp3) is 0.952. The zero-order chi connectivity index (χ0) is 23.6. The lowest BCUT2D eigenvalue weighted by Gasteiger charge is -2.47. The van der Waals surface area contributed by atoms with E-state index in [1.165, 1.54) is 18.9 Å². The molecule has 1 fully saturated rings. The first kappa shape index (κ1) is 30.6. The van der Waals surface area contributed by atoms with Crippen LogP contribution >= 0.6 is 0 Å². The molecule has 0 aromatic rings. The number of hydrogen-bond donors (Lipinski definition) is 0. The van der Waals surface area contributed by atoms with Gasteiger partial charge in [-0.3, -0.25) is 0 Å². The summed E-state index contributed by atoms with van der Waals surface area (Å²) in [4.78, 5) is 13.4. The molecule has 0 N–H and O–H groups in total. The molecule has 0 aromatic heterocycles. The van der Waals surface area contributed by atoms with E-state index >= 15 is 0 Å². The molecule has 1 aliphatic heterocycles. The van der Waals surface area contributed by atoms with Crippen LogP contribution in [0.3, 0.4) is 0 Å². The summed E-state index contributed by atoms with van der Waals surface area (Å²) < 4.78 is 34.3. The Labute approximate surface area is 191 Å². The largest absolute Gasteiger partial charge is 0.500 e. The summed E-state index contributed by atoms with van der Waals surface area (Å²) in [7, 11) is 0.682. The molecule has 1 rings (SSSR count). The number of nitrogens with zero attached hydrogens (tertiary/aromatic N) is 1. The number of hydrogen-bond acceptors (Lipinski definition) is 8. The number of aliphatic imine (C=N–C) groups is 1. The lowest BCUT2D eigenvalue weighted by atomic mass is 10.1. The monoisotopic (exact) mass is 479 g/mol. The van der Waals surface area contributed by atoms with E-state index in [1.807, 2.05) is 20.8 Å². The highest BCUT2D eigenvalue weighted by Gasteiger charge is 2.58. The van der Waals surface area contributed by atoms with Crippen molar-refractivity contribution in [1.29, 1.82) is 0 Å². The maximum Gasteiger partial charge on any atom is 0.500 e. The van der Waals surface area contributed by atoms with E-state index in [1.54, 1.807) is 21.3 Å². The molecule has 0 spiro atoms. The molecule has 184 valence electrons. The lowest BCUT2D eigenvalue weighted by Crippen LogP contribution is -2.64. The van der Waals surface area contributed by atoms with Crippen LogP contribution < -0.4 is 0 Å². The number of isocyanates is 1. The first-order valence-electron chi connectivity index (χ1n) is 11.6. The van der Waals surface area contributed by atoms with Gasteiger partial charge in [-0.05, 0) is 46.1 Å². The normalized spacial score (nSPS) is 20.5. The van der Waals surface area contributed by atoms with E-state index in [-0.39, 0.29) is 5.22 Å². The van der Waals surface area contributed by atoms with Crippen molar-refractivity contribution in [3.8, 4) is 0 Å². The van der Waals surface area contributed by atoms with Gasteiger partial charge in [-0.25, -0.2) is 9.79 Å². The smallest absolute Gasteiger partial charge is 0.396 e. The minimum absolute atomic E-state index is 0.122. The Morgan fingerprint density at radius 1 is 0.968 bits per heavy atom. The number of carbonyl (C=O) groups excluding carboxylic acids is 1. The maximum atomic E-state index is 9.93. The molecule has 0 aromatic carbocycles. The maximum absolute atomic E-state index is 9.93. The Kier molecular flexibility index (Phi) is 16.9. The van der Waals surface area contributed by atoms with Crippen molar-refractivity contribution in [3.63, 3.8) is 0 Å². The molecule has 0 amide bonds. The third-order valence-corrected chi connectivity index (χ3v) is 13.2. The van der Waals surface area contributed by atoms with Crippen LogP contribution in [-0.2, 0) is 31.7 Å². The molecule has 1 saturated heterocycles. The number of rotatable bonds is 15. The molecule has 0 saturated carbocycles. The molecule has 8 nitrogen and oxygen atoms in total. The second kappa shape index (κ2) is 17.1. The van der Waals surface area contributed by atoms with E-state index in [9.17, 15) is 4.79 Å². The summed E-state index contributed by atoms with van der Waals surface area (Å²) in [6, 6.07) is 1.75. The van der Waals surface area contributed by atoms with Crippen LogP contribution in [0.1, 0.15) is 66.2 Å². The van der Waals surface area contributed by atoms with Gasteiger partial charge in [-0.15, -0.1) is 0 Å². The third kappa shape index (κ3) is 9.15. The third-order valence-electron chi connectivity index (χ3n) is 5.64. The van der Waals surface area contributed by atoms with Crippen molar-refractivity contribution >= 4 is 23.4 Å². The minimum Gasteiger partial charge on any atom is -0.396 e. The summed E-state index contributed by atoms with van der Waals surface area (Å²) in [5.41, 5.74) is 0. The minimum atomic E-state index is -2.54.